The van der Waals surface area contributed by atoms with Gasteiger partial charge in [0.25, 0.3) is 5.69 Å². The van der Waals surface area contributed by atoms with Crippen molar-refractivity contribution in [2.45, 2.75) is 13.5 Å². The molecule has 0 radical (unpaired) electrons. The van der Waals surface area contributed by atoms with Crippen LogP contribution in [0.25, 0.3) is 0 Å². The monoisotopic (exact) mass is 244 g/mol. The summed E-state index contributed by atoms with van der Waals surface area (Å²) >= 11 is 0. The first kappa shape index (κ1) is 12.0. The highest BCUT2D eigenvalue weighted by atomic mass is 16.6. The van der Waals surface area contributed by atoms with Crippen LogP contribution in [-0.4, -0.2) is 14.9 Å². The Kier molecular flexibility index (Phi) is 3.47. The molecule has 0 amide bonds. The van der Waals surface area contributed by atoms with Gasteiger partial charge in [-0.2, -0.15) is 0 Å². The number of hydrogen-bond acceptors (Lipinski definition) is 5. The summed E-state index contributed by atoms with van der Waals surface area (Å²) in [5.74, 6) is 0.703. The van der Waals surface area contributed by atoms with Crippen LogP contribution in [0, 0.1) is 17.0 Å². The van der Waals surface area contributed by atoms with Gasteiger partial charge in [0.2, 0.25) is 0 Å². The predicted molar refractivity (Wildman–Crippen MR) is 67.2 cm³/mol. The van der Waals surface area contributed by atoms with Gasteiger partial charge in [-0.15, -0.1) is 0 Å². The molecule has 0 atom stereocenters. The Hall–Kier alpha value is -2.50. The van der Waals surface area contributed by atoms with Gasteiger partial charge in [-0.25, -0.2) is 9.97 Å². The molecule has 2 rings (SSSR count). The number of nitrogens with one attached hydrogen (secondary N) is 1. The lowest BCUT2D eigenvalue weighted by Crippen LogP contribution is -2.02. The number of aromatic nitrogens is 2. The van der Waals surface area contributed by atoms with Gasteiger partial charge in [0.05, 0.1) is 4.92 Å². The van der Waals surface area contributed by atoms with E-state index >= 15 is 0 Å². The van der Waals surface area contributed by atoms with E-state index in [2.05, 4.69) is 15.3 Å². The van der Waals surface area contributed by atoms with E-state index in [0.29, 0.717) is 12.4 Å². The SMILES string of the molecule is Cc1cc(NCc2cccc([N+](=O)[O-])c2)ncn1. The van der Waals surface area contributed by atoms with Crippen molar-refractivity contribution in [3.63, 3.8) is 0 Å². The molecule has 0 aliphatic heterocycles. The summed E-state index contributed by atoms with van der Waals surface area (Å²) < 4.78 is 0. The summed E-state index contributed by atoms with van der Waals surface area (Å²) in [7, 11) is 0. The lowest BCUT2D eigenvalue weighted by atomic mass is 10.2. The van der Waals surface area contributed by atoms with Gasteiger partial charge in [0.15, 0.2) is 0 Å². The minimum Gasteiger partial charge on any atom is -0.366 e. The first-order valence-corrected chi connectivity index (χ1v) is 5.41. The van der Waals surface area contributed by atoms with Gasteiger partial charge in [-0.1, -0.05) is 12.1 Å². The van der Waals surface area contributed by atoms with Crippen molar-refractivity contribution < 1.29 is 4.92 Å². The number of nitro benzene ring substituents is 1. The number of nitro groups is 1. The molecular weight excluding hydrogens is 232 g/mol. The molecule has 1 aromatic heterocycles. The van der Waals surface area contributed by atoms with Crippen LogP contribution in [0.1, 0.15) is 11.3 Å². The highest BCUT2D eigenvalue weighted by Gasteiger charge is 2.05. The molecule has 0 spiro atoms. The summed E-state index contributed by atoms with van der Waals surface area (Å²) in [4.78, 5) is 18.3. The van der Waals surface area contributed by atoms with Crippen molar-refractivity contribution in [2.75, 3.05) is 5.32 Å². The molecule has 0 unspecified atom stereocenters. The zero-order valence-corrected chi connectivity index (χ0v) is 9.83. The molecule has 0 saturated heterocycles. The fourth-order valence-electron chi connectivity index (χ4n) is 1.52. The molecule has 6 heteroatoms. The molecule has 0 aliphatic carbocycles. The quantitative estimate of drug-likeness (QED) is 0.659. The van der Waals surface area contributed by atoms with Crippen LogP contribution >= 0.6 is 0 Å². The standard InChI is InChI=1S/C12H12N4O2/c1-9-5-12(15-8-14-9)13-7-10-3-2-4-11(6-10)16(17)18/h2-6,8H,7H2,1H3,(H,13,14,15). The van der Waals surface area contributed by atoms with Crippen molar-refractivity contribution in [1.82, 2.24) is 9.97 Å². The van der Waals surface area contributed by atoms with E-state index in [4.69, 9.17) is 0 Å². The molecule has 0 fully saturated rings. The van der Waals surface area contributed by atoms with Crippen molar-refractivity contribution in [3.8, 4) is 0 Å². The van der Waals surface area contributed by atoms with E-state index in [0.717, 1.165) is 11.3 Å². The highest BCUT2D eigenvalue weighted by molar-refractivity contribution is 5.39. The lowest BCUT2D eigenvalue weighted by Gasteiger charge is -2.05. The second-order valence-corrected chi connectivity index (χ2v) is 3.83. The summed E-state index contributed by atoms with van der Waals surface area (Å²) in [6.07, 6.45) is 1.48. The second-order valence-electron chi connectivity index (χ2n) is 3.83. The van der Waals surface area contributed by atoms with Gasteiger partial charge >= 0.3 is 0 Å². The average molecular weight is 244 g/mol. The Morgan fingerprint density at radius 2 is 2.17 bits per heavy atom. The minimum absolute atomic E-state index is 0.0909. The van der Waals surface area contributed by atoms with Crippen molar-refractivity contribution in [2.24, 2.45) is 0 Å². The van der Waals surface area contributed by atoms with E-state index in [9.17, 15) is 10.1 Å². The third-order valence-corrected chi connectivity index (χ3v) is 2.40. The topological polar surface area (TPSA) is 81.0 Å². The van der Waals surface area contributed by atoms with E-state index < -0.39 is 4.92 Å². The minimum atomic E-state index is -0.404. The van der Waals surface area contributed by atoms with Crippen LogP contribution in [0.5, 0.6) is 0 Å². The molecule has 18 heavy (non-hydrogen) atoms. The van der Waals surface area contributed by atoms with Crippen LogP contribution in [0.15, 0.2) is 36.7 Å². The van der Waals surface area contributed by atoms with Crippen LogP contribution in [0.4, 0.5) is 11.5 Å². The van der Waals surface area contributed by atoms with Crippen LogP contribution in [0.2, 0.25) is 0 Å². The number of benzene rings is 1. The zero-order valence-electron chi connectivity index (χ0n) is 9.83. The highest BCUT2D eigenvalue weighted by Crippen LogP contribution is 2.14. The number of nitrogens with zero attached hydrogens (tertiary/aromatic N) is 3. The summed E-state index contributed by atoms with van der Waals surface area (Å²) in [5, 5.41) is 13.7. The third kappa shape index (κ3) is 3.00. The van der Waals surface area contributed by atoms with Crippen LogP contribution < -0.4 is 5.32 Å². The van der Waals surface area contributed by atoms with Gasteiger partial charge < -0.3 is 5.32 Å². The van der Waals surface area contributed by atoms with Gasteiger partial charge in [-0.3, -0.25) is 10.1 Å². The fourth-order valence-corrected chi connectivity index (χ4v) is 1.52. The fraction of sp³-hybridized carbons (Fsp3) is 0.167. The maximum atomic E-state index is 10.6. The first-order valence-electron chi connectivity index (χ1n) is 5.41. The van der Waals surface area contributed by atoms with Crippen LogP contribution in [0.3, 0.4) is 0 Å². The Morgan fingerprint density at radius 1 is 1.33 bits per heavy atom. The molecule has 1 heterocycles. The normalized spacial score (nSPS) is 10.1. The molecule has 0 aliphatic rings. The van der Waals surface area contributed by atoms with Crippen molar-refractivity contribution in [1.29, 1.82) is 0 Å². The molecule has 92 valence electrons. The Labute approximate surface area is 104 Å². The summed E-state index contributed by atoms with van der Waals surface area (Å²) in [6, 6.07) is 8.32. The molecule has 0 bridgehead atoms. The van der Waals surface area contributed by atoms with E-state index in [1.165, 1.54) is 12.4 Å². The molecule has 1 aromatic carbocycles. The lowest BCUT2D eigenvalue weighted by molar-refractivity contribution is -0.384. The number of non-ortho nitro benzene ring substituents is 1. The summed E-state index contributed by atoms with van der Waals surface area (Å²) in [5.41, 5.74) is 1.79. The maximum absolute atomic E-state index is 10.6. The number of aryl methyl sites for hydroxylation is 1. The molecule has 2 aromatic rings. The third-order valence-electron chi connectivity index (χ3n) is 2.40. The molecule has 6 nitrogen and oxygen atoms in total. The maximum Gasteiger partial charge on any atom is 0.269 e. The smallest absolute Gasteiger partial charge is 0.269 e. The van der Waals surface area contributed by atoms with E-state index in [-0.39, 0.29) is 5.69 Å². The van der Waals surface area contributed by atoms with Crippen molar-refractivity contribution >= 4 is 11.5 Å². The zero-order chi connectivity index (χ0) is 13.0. The summed E-state index contributed by atoms with van der Waals surface area (Å²) in [6.45, 7) is 2.36. The first-order chi connectivity index (χ1) is 8.65. The molecule has 0 saturated carbocycles. The number of anilines is 1. The number of rotatable bonds is 4. The van der Waals surface area contributed by atoms with E-state index in [1.807, 2.05) is 19.1 Å². The second kappa shape index (κ2) is 5.22. The average Bonchev–Trinajstić information content (AvgIpc) is 2.37. The van der Waals surface area contributed by atoms with Gasteiger partial charge in [-0.05, 0) is 12.5 Å². The Morgan fingerprint density at radius 3 is 2.89 bits per heavy atom. The van der Waals surface area contributed by atoms with E-state index in [1.54, 1.807) is 12.1 Å². The largest absolute Gasteiger partial charge is 0.366 e. The molecule has 1 N–H and O–H groups in total. The number of hydrogen-bond donors (Lipinski definition) is 1. The Bertz CT molecular complexity index is 572. The van der Waals surface area contributed by atoms with Gasteiger partial charge in [0, 0.05) is 30.4 Å². The van der Waals surface area contributed by atoms with Gasteiger partial charge in [0.1, 0.15) is 12.1 Å². The Balaban J connectivity index is 2.06. The van der Waals surface area contributed by atoms with Crippen LogP contribution in [-0.2, 0) is 6.54 Å². The predicted octanol–water partition coefficient (Wildman–Crippen LogP) is 2.31. The van der Waals surface area contributed by atoms with Crippen molar-refractivity contribution in [3.05, 3.63) is 58.0 Å². The molecular formula is C12H12N4O2.